The molecule has 0 aliphatic heterocycles. The van der Waals surface area contributed by atoms with Crippen LogP contribution in [-0.2, 0) is 0 Å². The van der Waals surface area contributed by atoms with E-state index in [9.17, 15) is 0 Å². The summed E-state index contributed by atoms with van der Waals surface area (Å²) in [4.78, 5) is 10.6. The Morgan fingerprint density at radius 3 is 2.95 bits per heavy atom. The van der Waals surface area contributed by atoms with Crippen LogP contribution in [0.15, 0.2) is 48.9 Å². The third kappa shape index (κ3) is 1.44. The summed E-state index contributed by atoms with van der Waals surface area (Å²) in [6, 6.07) is 12.4. The fourth-order valence-electron chi connectivity index (χ4n) is 2.58. The molecule has 0 aliphatic rings. The number of H-pyrrole nitrogens is 2. The van der Waals surface area contributed by atoms with Crippen LogP contribution in [0.25, 0.3) is 33.1 Å². The largest absolute Gasteiger partial charge is 0.361 e. The lowest BCUT2D eigenvalue weighted by Gasteiger charge is -2.03. The summed E-state index contributed by atoms with van der Waals surface area (Å²) < 4.78 is 0. The van der Waals surface area contributed by atoms with Gasteiger partial charge in [0.25, 0.3) is 0 Å². The van der Waals surface area contributed by atoms with Crippen LogP contribution < -0.4 is 0 Å². The van der Waals surface area contributed by atoms with Gasteiger partial charge in [0.2, 0.25) is 0 Å². The van der Waals surface area contributed by atoms with Crippen molar-refractivity contribution in [2.45, 2.75) is 0 Å². The SMILES string of the molecule is N#Cc1c[nH]c2ncc(-c3cccc4[nH]ccc34)cc12. The van der Waals surface area contributed by atoms with E-state index in [1.807, 2.05) is 30.6 Å². The first-order chi connectivity index (χ1) is 9.86. The third-order valence-corrected chi connectivity index (χ3v) is 3.56. The van der Waals surface area contributed by atoms with E-state index in [0.717, 1.165) is 33.1 Å². The molecule has 0 saturated heterocycles. The van der Waals surface area contributed by atoms with Gasteiger partial charge in [-0.3, -0.25) is 0 Å². The summed E-state index contributed by atoms with van der Waals surface area (Å²) >= 11 is 0. The van der Waals surface area contributed by atoms with Crippen LogP contribution >= 0.6 is 0 Å². The van der Waals surface area contributed by atoms with Crippen molar-refractivity contribution in [3.63, 3.8) is 0 Å². The van der Waals surface area contributed by atoms with Crippen molar-refractivity contribution in [3.05, 3.63) is 54.5 Å². The van der Waals surface area contributed by atoms with Crippen LogP contribution in [0.5, 0.6) is 0 Å². The number of nitriles is 1. The summed E-state index contributed by atoms with van der Waals surface area (Å²) in [7, 11) is 0. The van der Waals surface area contributed by atoms with Crippen molar-refractivity contribution in [1.29, 1.82) is 5.26 Å². The topological polar surface area (TPSA) is 68.3 Å². The number of hydrogen-bond acceptors (Lipinski definition) is 2. The number of fused-ring (bicyclic) bond motifs is 2. The second-order valence-corrected chi connectivity index (χ2v) is 4.68. The first kappa shape index (κ1) is 10.8. The molecule has 4 heteroatoms. The average Bonchev–Trinajstić information content (AvgIpc) is 3.12. The predicted molar refractivity (Wildman–Crippen MR) is 78.1 cm³/mol. The fourth-order valence-corrected chi connectivity index (χ4v) is 2.58. The monoisotopic (exact) mass is 258 g/mol. The molecular weight excluding hydrogens is 248 g/mol. The molecule has 0 atom stereocenters. The second kappa shape index (κ2) is 3.97. The highest BCUT2D eigenvalue weighted by atomic mass is 14.8. The van der Waals surface area contributed by atoms with E-state index in [1.165, 1.54) is 0 Å². The Labute approximate surface area is 114 Å². The molecule has 0 saturated carbocycles. The molecule has 4 nitrogen and oxygen atoms in total. The molecular formula is C16H10N4. The summed E-state index contributed by atoms with van der Waals surface area (Å²) in [5.74, 6) is 0. The van der Waals surface area contributed by atoms with Crippen LogP contribution in [0.2, 0.25) is 0 Å². The Balaban J connectivity index is 2.02. The minimum absolute atomic E-state index is 0.621. The van der Waals surface area contributed by atoms with E-state index in [2.05, 4.69) is 33.2 Å². The highest BCUT2D eigenvalue weighted by Crippen LogP contribution is 2.30. The number of nitrogens with zero attached hydrogens (tertiary/aromatic N) is 2. The molecule has 94 valence electrons. The smallest absolute Gasteiger partial charge is 0.138 e. The van der Waals surface area contributed by atoms with Crippen molar-refractivity contribution in [1.82, 2.24) is 15.0 Å². The summed E-state index contributed by atoms with van der Waals surface area (Å²) in [5, 5.41) is 11.1. The Hall–Kier alpha value is -3.06. The van der Waals surface area contributed by atoms with E-state index >= 15 is 0 Å². The van der Waals surface area contributed by atoms with Crippen LogP contribution in [0.4, 0.5) is 0 Å². The van der Waals surface area contributed by atoms with Gasteiger partial charge in [-0.2, -0.15) is 5.26 Å². The minimum atomic E-state index is 0.621. The van der Waals surface area contributed by atoms with Crippen LogP contribution in [0, 0.1) is 11.3 Å². The van der Waals surface area contributed by atoms with Crippen molar-refractivity contribution in [3.8, 4) is 17.2 Å². The van der Waals surface area contributed by atoms with Gasteiger partial charge in [-0.25, -0.2) is 4.98 Å². The Morgan fingerprint density at radius 2 is 2.05 bits per heavy atom. The van der Waals surface area contributed by atoms with E-state index in [4.69, 9.17) is 5.26 Å². The maximum absolute atomic E-state index is 9.12. The number of aromatic nitrogens is 3. The van der Waals surface area contributed by atoms with Gasteiger partial charge in [0.15, 0.2) is 0 Å². The van der Waals surface area contributed by atoms with Gasteiger partial charge >= 0.3 is 0 Å². The molecule has 4 aromatic rings. The number of benzene rings is 1. The lowest BCUT2D eigenvalue weighted by Crippen LogP contribution is -1.83. The van der Waals surface area contributed by atoms with E-state index in [1.54, 1.807) is 6.20 Å². The molecule has 0 amide bonds. The molecule has 0 fully saturated rings. The highest BCUT2D eigenvalue weighted by molar-refractivity contribution is 5.97. The van der Waals surface area contributed by atoms with Gasteiger partial charge in [-0.1, -0.05) is 12.1 Å². The van der Waals surface area contributed by atoms with Gasteiger partial charge in [0.1, 0.15) is 11.7 Å². The molecule has 2 N–H and O–H groups in total. The van der Waals surface area contributed by atoms with E-state index < -0.39 is 0 Å². The summed E-state index contributed by atoms with van der Waals surface area (Å²) in [6.45, 7) is 0. The van der Waals surface area contributed by atoms with Gasteiger partial charge in [0, 0.05) is 40.4 Å². The fraction of sp³-hybridized carbons (Fsp3) is 0. The lowest BCUT2D eigenvalue weighted by atomic mass is 10.0. The first-order valence-electron chi connectivity index (χ1n) is 6.30. The quantitative estimate of drug-likeness (QED) is 0.548. The normalized spacial score (nSPS) is 10.9. The zero-order valence-electron chi connectivity index (χ0n) is 10.5. The lowest BCUT2D eigenvalue weighted by molar-refractivity contribution is 1.32. The summed E-state index contributed by atoms with van der Waals surface area (Å²) in [5.41, 5.74) is 4.58. The van der Waals surface area contributed by atoms with Crippen molar-refractivity contribution in [2.75, 3.05) is 0 Å². The van der Waals surface area contributed by atoms with Crippen LogP contribution in [0.3, 0.4) is 0 Å². The molecule has 0 bridgehead atoms. The zero-order valence-corrected chi connectivity index (χ0v) is 10.5. The maximum Gasteiger partial charge on any atom is 0.138 e. The first-order valence-corrected chi connectivity index (χ1v) is 6.30. The molecule has 3 heterocycles. The third-order valence-electron chi connectivity index (χ3n) is 3.56. The van der Waals surface area contributed by atoms with Crippen molar-refractivity contribution < 1.29 is 0 Å². The minimum Gasteiger partial charge on any atom is -0.361 e. The van der Waals surface area contributed by atoms with Gasteiger partial charge in [-0.15, -0.1) is 0 Å². The molecule has 3 aromatic heterocycles. The van der Waals surface area contributed by atoms with Gasteiger partial charge < -0.3 is 9.97 Å². The van der Waals surface area contributed by atoms with E-state index in [0.29, 0.717) is 5.56 Å². The Kier molecular flexibility index (Phi) is 2.15. The number of rotatable bonds is 1. The second-order valence-electron chi connectivity index (χ2n) is 4.68. The Morgan fingerprint density at radius 1 is 1.10 bits per heavy atom. The number of nitrogens with one attached hydrogen (secondary N) is 2. The molecule has 1 aromatic carbocycles. The van der Waals surface area contributed by atoms with Gasteiger partial charge in [-0.05, 0) is 23.8 Å². The standard InChI is InChI=1S/C16H10N4/c17-7-11-9-20-16-14(11)6-10(8-19-16)12-2-1-3-15-13(12)4-5-18-15/h1-6,8-9,18H,(H,19,20). The Bertz CT molecular complexity index is 969. The number of hydrogen-bond donors (Lipinski definition) is 2. The summed E-state index contributed by atoms with van der Waals surface area (Å²) in [6.07, 6.45) is 5.46. The van der Waals surface area contributed by atoms with Crippen molar-refractivity contribution >= 4 is 21.9 Å². The average molecular weight is 258 g/mol. The van der Waals surface area contributed by atoms with Crippen molar-refractivity contribution in [2.24, 2.45) is 0 Å². The predicted octanol–water partition coefficient (Wildman–Crippen LogP) is 3.58. The maximum atomic E-state index is 9.12. The molecule has 4 rings (SSSR count). The number of aromatic amines is 2. The number of pyridine rings is 1. The molecule has 0 spiro atoms. The van der Waals surface area contributed by atoms with Gasteiger partial charge in [0.05, 0.1) is 5.56 Å². The van der Waals surface area contributed by atoms with Crippen LogP contribution in [-0.4, -0.2) is 15.0 Å². The molecule has 20 heavy (non-hydrogen) atoms. The zero-order chi connectivity index (χ0) is 13.5. The molecule has 0 unspecified atom stereocenters. The molecule has 0 radical (unpaired) electrons. The van der Waals surface area contributed by atoms with E-state index in [-0.39, 0.29) is 0 Å². The van der Waals surface area contributed by atoms with Crippen LogP contribution in [0.1, 0.15) is 5.56 Å². The molecule has 0 aliphatic carbocycles. The highest BCUT2D eigenvalue weighted by Gasteiger charge is 2.09.